The lowest BCUT2D eigenvalue weighted by atomic mass is 10.1. The molecular weight excluding hydrogens is 374 g/mol. The maximum absolute atomic E-state index is 12.2. The molecule has 26 heavy (non-hydrogen) atoms. The third kappa shape index (κ3) is 4.75. The largest absolute Gasteiger partial charge is 0.325 e. The average molecular weight is 396 g/mol. The summed E-state index contributed by atoms with van der Waals surface area (Å²) in [5.74, 6) is -0.0924. The van der Waals surface area contributed by atoms with E-state index in [0.717, 1.165) is 5.56 Å². The summed E-state index contributed by atoms with van der Waals surface area (Å²) in [5.41, 5.74) is 8.17. The van der Waals surface area contributed by atoms with E-state index in [9.17, 15) is 13.2 Å². The van der Waals surface area contributed by atoms with Gasteiger partial charge in [-0.3, -0.25) is 9.10 Å². The molecule has 1 heterocycles. The molecule has 2 aromatic carbocycles. The summed E-state index contributed by atoms with van der Waals surface area (Å²) in [6.45, 7) is 0.496. The monoisotopic (exact) mass is 395 g/mol. The maximum atomic E-state index is 12.2. The molecule has 1 amide bonds. The zero-order valence-corrected chi connectivity index (χ0v) is 15.8. The minimum atomic E-state index is -3.20. The van der Waals surface area contributed by atoms with Crippen molar-refractivity contribution in [2.45, 2.75) is 18.9 Å². The first-order valence-corrected chi connectivity index (χ1v) is 9.77. The van der Waals surface area contributed by atoms with Crippen molar-refractivity contribution < 1.29 is 13.2 Å². The van der Waals surface area contributed by atoms with Crippen LogP contribution in [0.15, 0.2) is 54.6 Å². The van der Waals surface area contributed by atoms with Crippen LogP contribution in [-0.2, 0) is 21.2 Å². The maximum Gasteiger partial charge on any atom is 0.241 e. The van der Waals surface area contributed by atoms with Gasteiger partial charge in [-0.15, -0.1) is 12.4 Å². The number of halogens is 1. The van der Waals surface area contributed by atoms with Gasteiger partial charge in [0, 0.05) is 12.2 Å². The fraction of sp³-hybridized carbons (Fsp3) is 0.278. The normalized spacial score (nSPS) is 16.6. The second-order valence-corrected chi connectivity index (χ2v) is 8.09. The van der Waals surface area contributed by atoms with Gasteiger partial charge in [0.05, 0.1) is 17.5 Å². The number of carbonyl (C=O) groups excluding carboxylic acids is 1. The van der Waals surface area contributed by atoms with Crippen molar-refractivity contribution in [1.29, 1.82) is 0 Å². The Morgan fingerprint density at radius 1 is 1.12 bits per heavy atom. The highest BCUT2D eigenvalue weighted by Crippen LogP contribution is 2.25. The number of nitrogens with one attached hydrogen (secondary N) is 1. The second-order valence-electron chi connectivity index (χ2n) is 6.07. The molecule has 8 heteroatoms. The van der Waals surface area contributed by atoms with Crippen LogP contribution in [0.5, 0.6) is 0 Å². The number of benzene rings is 2. The Balaban J connectivity index is 0.00000243. The smallest absolute Gasteiger partial charge is 0.241 e. The van der Waals surface area contributed by atoms with Gasteiger partial charge >= 0.3 is 0 Å². The van der Waals surface area contributed by atoms with Crippen LogP contribution in [0.2, 0.25) is 0 Å². The molecule has 140 valence electrons. The highest BCUT2D eigenvalue weighted by molar-refractivity contribution is 7.93. The number of rotatable bonds is 5. The lowest BCUT2D eigenvalue weighted by Gasteiger charge is -2.17. The van der Waals surface area contributed by atoms with Crippen LogP contribution in [0.25, 0.3) is 0 Å². The van der Waals surface area contributed by atoms with Crippen molar-refractivity contribution in [1.82, 2.24) is 0 Å². The average Bonchev–Trinajstić information content (AvgIpc) is 2.95. The van der Waals surface area contributed by atoms with E-state index in [1.54, 1.807) is 24.3 Å². The Labute approximate surface area is 159 Å². The van der Waals surface area contributed by atoms with E-state index in [2.05, 4.69) is 5.32 Å². The van der Waals surface area contributed by atoms with E-state index in [-0.39, 0.29) is 24.1 Å². The molecular formula is C18H22ClN3O3S. The zero-order valence-electron chi connectivity index (χ0n) is 14.2. The summed E-state index contributed by atoms with van der Waals surface area (Å²) in [5, 5.41) is 2.77. The van der Waals surface area contributed by atoms with Crippen molar-refractivity contribution >= 4 is 39.7 Å². The van der Waals surface area contributed by atoms with Crippen molar-refractivity contribution in [2.24, 2.45) is 5.73 Å². The first-order chi connectivity index (χ1) is 12.0. The van der Waals surface area contributed by atoms with Crippen LogP contribution in [0.1, 0.15) is 12.0 Å². The Hall–Kier alpha value is -2.09. The van der Waals surface area contributed by atoms with E-state index in [0.29, 0.717) is 30.8 Å². The first kappa shape index (κ1) is 20.2. The van der Waals surface area contributed by atoms with Crippen molar-refractivity contribution in [3.05, 3.63) is 60.2 Å². The molecule has 0 bridgehead atoms. The van der Waals surface area contributed by atoms with Gasteiger partial charge in [-0.05, 0) is 42.7 Å². The summed E-state index contributed by atoms with van der Waals surface area (Å²) in [4.78, 5) is 12.2. The molecule has 0 aliphatic carbocycles. The molecule has 0 aromatic heterocycles. The molecule has 3 N–H and O–H groups in total. The molecule has 1 saturated heterocycles. The molecule has 1 aliphatic rings. The van der Waals surface area contributed by atoms with Crippen molar-refractivity contribution in [3.8, 4) is 0 Å². The third-order valence-electron chi connectivity index (χ3n) is 4.16. The SMILES string of the molecule is Cl.NC(Cc1ccccc1)C(=O)Nc1ccc(N2CCCS2(=O)=O)cc1. The van der Waals surface area contributed by atoms with Crippen LogP contribution in [0.4, 0.5) is 11.4 Å². The molecule has 0 radical (unpaired) electrons. The summed E-state index contributed by atoms with van der Waals surface area (Å²) < 4.78 is 25.3. The van der Waals surface area contributed by atoms with E-state index >= 15 is 0 Å². The number of hydrogen-bond donors (Lipinski definition) is 2. The fourth-order valence-electron chi connectivity index (χ4n) is 2.84. The van der Waals surface area contributed by atoms with Crippen molar-refractivity contribution in [3.63, 3.8) is 0 Å². The minimum Gasteiger partial charge on any atom is -0.325 e. The van der Waals surface area contributed by atoms with Gasteiger partial charge in [0.1, 0.15) is 0 Å². The predicted octanol–water partition coefficient (Wildman–Crippen LogP) is 2.16. The molecule has 3 rings (SSSR count). The molecule has 1 fully saturated rings. The Morgan fingerprint density at radius 2 is 1.77 bits per heavy atom. The van der Waals surface area contributed by atoms with Gasteiger partial charge in [-0.25, -0.2) is 8.42 Å². The van der Waals surface area contributed by atoms with E-state index in [4.69, 9.17) is 5.73 Å². The zero-order chi connectivity index (χ0) is 17.9. The summed E-state index contributed by atoms with van der Waals surface area (Å²) in [7, 11) is -3.20. The van der Waals surface area contributed by atoms with E-state index < -0.39 is 16.1 Å². The standard InChI is InChI=1S/C18H21N3O3S.ClH/c19-17(13-14-5-2-1-3-6-14)18(22)20-15-7-9-16(10-8-15)21-11-4-12-25(21,23)24;/h1-3,5-10,17H,4,11-13,19H2,(H,20,22);1H. The number of amides is 1. The number of sulfonamides is 1. The topological polar surface area (TPSA) is 92.5 Å². The predicted molar refractivity (Wildman–Crippen MR) is 106 cm³/mol. The van der Waals surface area contributed by atoms with Gasteiger partial charge in [-0.2, -0.15) is 0 Å². The molecule has 1 unspecified atom stereocenters. The van der Waals surface area contributed by atoms with Crippen LogP contribution < -0.4 is 15.4 Å². The lowest BCUT2D eigenvalue weighted by molar-refractivity contribution is -0.117. The van der Waals surface area contributed by atoms with Crippen LogP contribution in [-0.4, -0.2) is 32.7 Å². The Morgan fingerprint density at radius 3 is 2.35 bits per heavy atom. The Bertz CT molecular complexity index is 842. The van der Waals surface area contributed by atoms with Gasteiger partial charge in [-0.1, -0.05) is 30.3 Å². The number of nitrogens with two attached hydrogens (primary N) is 1. The molecule has 2 aromatic rings. The molecule has 1 aliphatic heterocycles. The molecule has 0 saturated carbocycles. The Kier molecular flexibility index (Phi) is 6.63. The quantitative estimate of drug-likeness (QED) is 0.811. The van der Waals surface area contributed by atoms with Gasteiger partial charge in [0.2, 0.25) is 15.9 Å². The molecule has 1 atom stereocenters. The number of carbonyl (C=O) groups is 1. The number of hydrogen-bond acceptors (Lipinski definition) is 4. The lowest BCUT2D eigenvalue weighted by Crippen LogP contribution is -2.37. The van der Waals surface area contributed by atoms with E-state index in [1.807, 2.05) is 30.3 Å². The molecule has 0 spiro atoms. The van der Waals surface area contributed by atoms with Crippen LogP contribution in [0, 0.1) is 0 Å². The van der Waals surface area contributed by atoms with Crippen LogP contribution >= 0.6 is 12.4 Å². The van der Waals surface area contributed by atoms with Gasteiger partial charge in [0.15, 0.2) is 0 Å². The number of nitrogens with zero attached hydrogens (tertiary/aromatic N) is 1. The third-order valence-corrected chi connectivity index (χ3v) is 6.03. The summed E-state index contributed by atoms with van der Waals surface area (Å²) >= 11 is 0. The van der Waals surface area contributed by atoms with Crippen LogP contribution in [0.3, 0.4) is 0 Å². The first-order valence-electron chi connectivity index (χ1n) is 8.16. The van der Waals surface area contributed by atoms with Crippen molar-refractivity contribution in [2.75, 3.05) is 21.9 Å². The fourth-order valence-corrected chi connectivity index (χ4v) is 4.40. The van der Waals surface area contributed by atoms with E-state index in [1.165, 1.54) is 4.31 Å². The summed E-state index contributed by atoms with van der Waals surface area (Å²) in [6.07, 6.45) is 1.09. The van der Waals surface area contributed by atoms with Gasteiger partial charge in [0.25, 0.3) is 0 Å². The molecule has 6 nitrogen and oxygen atoms in total. The minimum absolute atomic E-state index is 0. The second kappa shape index (κ2) is 8.53. The van der Waals surface area contributed by atoms with Gasteiger partial charge < -0.3 is 11.1 Å². The number of anilines is 2. The summed E-state index contributed by atoms with van der Waals surface area (Å²) in [6, 6.07) is 15.7. The highest BCUT2D eigenvalue weighted by Gasteiger charge is 2.28. The highest BCUT2D eigenvalue weighted by atomic mass is 35.5.